The molecule has 3 atom stereocenters. The van der Waals surface area contributed by atoms with Gasteiger partial charge in [0.2, 0.25) is 5.89 Å². The molecule has 1 saturated heterocycles. The van der Waals surface area contributed by atoms with Gasteiger partial charge in [-0.15, -0.1) is 0 Å². The van der Waals surface area contributed by atoms with E-state index in [0.717, 1.165) is 11.3 Å². The second kappa shape index (κ2) is 7.66. The molecule has 3 rings (SSSR count). The first kappa shape index (κ1) is 18.1. The van der Waals surface area contributed by atoms with E-state index >= 15 is 0 Å². The first-order valence-electron chi connectivity index (χ1n) is 8.72. The van der Waals surface area contributed by atoms with Gasteiger partial charge < -0.3 is 19.6 Å². The molecule has 2 aromatic rings. The van der Waals surface area contributed by atoms with Gasteiger partial charge in [-0.25, -0.2) is 4.98 Å². The van der Waals surface area contributed by atoms with Gasteiger partial charge in [0.15, 0.2) is 0 Å². The average molecular weight is 345 g/mol. The predicted octanol–water partition coefficient (Wildman–Crippen LogP) is 2.07. The van der Waals surface area contributed by atoms with Crippen molar-refractivity contribution in [1.82, 2.24) is 15.2 Å². The zero-order chi connectivity index (χ0) is 17.9. The molecule has 1 aliphatic rings. The Bertz CT molecular complexity index is 676. The van der Waals surface area contributed by atoms with Crippen molar-refractivity contribution >= 4 is 0 Å². The molecule has 1 aromatic carbocycles. The van der Waals surface area contributed by atoms with Crippen LogP contribution >= 0.6 is 0 Å². The molecule has 0 radical (unpaired) electrons. The second-order valence-corrected chi connectivity index (χ2v) is 6.89. The van der Waals surface area contributed by atoms with E-state index in [0.29, 0.717) is 25.6 Å². The van der Waals surface area contributed by atoms with Gasteiger partial charge in [0.1, 0.15) is 5.76 Å². The summed E-state index contributed by atoms with van der Waals surface area (Å²) in [5.41, 5.74) is 0.538. The molecular weight excluding hydrogens is 318 g/mol. The van der Waals surface area contributed by atoms with Crippen molar-refractivity contribution in [2.75, 3.05) is 33.4 Å². The van der Waals surface area contributed by atoms with E-state index in [4.69, 9.17) is 9.15 Å². The minimum Gasteiger partial charge on any atom is -0.440 e. The molecule has 1 aromatic heterocycles. The zero-order valence-corrected chi connectivity index (χ0v) is 15.1. The number of aliphatic hydroxyl groups excluding tert-OH is 1. The van der Waals surface area contributed by atoms with Gasteiger partial charge in [-0.05, 0) is 33.0 Å². The lowest BCUT2D eigenvalue weighted by Gasteiger charge is -2.47. The Balaban J connectivity index is 1.66. The van der Waals surface area contributed by atoms with Crippen LogP contribution in [0.2, 0.25) is 0 Å². The number of aliphatic hydroxyl groups is 1. The number of benzene rings is 1. The summed E-state index contributed by atoms with van der Waals surface area (Å²) in [6.07, 6.45) is 1.76. The van der Waals surface area contributed by atoms with E-state index in [1.165, 1.54) is 0 Å². The lowest BCUT2D eigenvalue weighted by molar-refractivity contribution is -0.106. The maximum Gasteiger partial charge on any atom is 0.226 e. The summed E-state index contributed by atoms with van der Waals surface area (Å²) < 4.78 is 11.6. The number of aromatic nitrogens is 1. The summed E-state index contributed by atoms with van der Waals surface area (Å²) in [4.78, 5) is 6.58. The summed E-state index contributed by atoms with van der Waals surface area (Å²) in [7, 11) is 2.04. The van der Waals surface area contributed by atoms with Crippen molar-refractivity contribution in [3.05, 3.63) is 42.3 Å². The predicted molar refractivity (Wildman–Crippen MR) is 96.2 cm³/mol. The molecule has 6 nitrogen and oxygen atoms in total. The molecule has 1 fully saturated rings. The maximum atomic E-state index is 9.97. The van der Waals surface area contributed by atoms with Gasteiger partial charge in [-0.2, -0.15) is 0 Å². The van der Waals surface area contributed by atoms with Crippen LogP contribution in [0.15, 0.2) is 40.9 Å². The van der Waals surface area contributed by atoms with Crippen LogP contribution in [0.25, 0.3) is 11.5 Å². The molecule has 2 heterocycles. The smallest absolute Gasteiger partial charge is 0.226 e. The quantitative estimate of drug-likeness (QED) is 0.835. The van der Waals surface area contributed by atoms with Crippen molar-refractivity contribution < 1.29 is 14.3 Å². The molecule has 0 amide bonds. The summed E-state index contributed by atoms with van der Waals surface area (Å²) in [5.74, 6) is 1.40. The zero-order valence-electron chi connectivity index (χ0n) is 15.1. The van der Waals surface area contributed by atoms with Crippen LogP contribution in [0.1, 0.15) is 25.6 Å². The Morgan fingerprint density at radius 3 is 2.88 bits per heavy atom. The summed E-state index contributed by atoms with van der Waals surface area (Å²) >= 11 is 0. The van der Waals surface area contributed by atoms with Crippen LogP contribution in [0.5, 0.6) is 0 Å². The molecule has 25 heavy (non-hydrogen) atoms. The monoisotopic (exact) mass is 345 g/mol. The van der Waals surface area contributed by atoms with Gasteiger partial charge >= 0.3 is 0 Å². The maximum absolute atomic E-state index is 9.97. The van der Waals surface area contributed by atoms with Gasteiger partial charge in [-0.3, -0.25) is 4.90 Å². The number of morpholine rings is 1. The van der Waals surface area contributed by atoms with Crippen molar-refractivity contribution in [2.24, 2.45) is 0 Å². The molecule has 0 aliphatic carbocycles. The first-order chi connectivity index (χ1) is 12.1. The molecule has 6 heteroatoms. The summed E-state index contributed by atoms with van der Waals surface area (Å²) in [6, 6.07) is 10.1. The molecule has 136 valence electrons. The molecular formula is C19H27N3O3. The lowest BCUT2D eigenvalue weighted by atomic mass is 9.95. The fourth-order valence-corrected chi connectivity index (χ4v) is 3.13. The summed E-state index contributed by atoms with van der Waals surface area (Å²) in [6.45, 7) is 5.99. The van der Waals surface area contributed by atoms with Crippen molar-refractivity contribution in [3.8, 4) is 11.5 Å². The second-order valence-electron chi connectivity index (χ2n) is 6.89. The third-order valence-corrected chi connectivity index (χ3v) is 5.14. The molecule has 1 unspecified atom stereocenters. The number of nitrogens with zero attached hydrogens (tertiary/aromatic N) is 2. The molecule has 1 aliphatic heterocycles. The highest BCUT2D eigenvalue weighted by Crippen LogP contribution is 2.25. The Morgan fingerprint density at radius 1 is 1.40 bits per heavy atom. The molecule has 0 saturated carbocycles. The highest BCUT2D eigenvalue weighted by molar-refractivity contribution is 5.52. The molecule has 0 bridgehead atoms. The third-order valence-electron chi connectivity index (χ3n) is 5.14. The molecule has 0 spiro atoms. The Kier molecular flexibility index (Phi) is 5.54. The van der Waals surface area contributed by atoms with Gasteiger partial charge in [0.25, 0.3) is 0 Å². The molecule has 2 N–H and O–H groups in total. The standard InChI is InChI=1S/C19H27N3O3/c1-14-10-24-13-19(12-23,22(14)3)11-21-15(2)17-9-20-18(25-17)16-7-5-4-6-8-16/h4-9,14-15,21,23H,10-13H2,1-3H3/t14-,15?,19+/m1/s1. The number of likely N-dealkylation sites (N-methyl/N-ethyl adjacent to an activating group) is 1. The van der Waals surface area contributed by atoms with E-state index in [1.54, 1.807) is 6.20 Å². The minimum absolute atomic E-state index is 0.0148. The minimum atomic E-state index is -0.422. The van der Waals surface area contributed by atoms with Crippen LogP contribution in [0.3, 0.4) is 0 Å². The largest absolute Gasteiger partial charge is 0.440 e. The van der Waals surface area contributed by atoms with Crippen LogP contribution < -0.4 is 5.32 Å². The normalized spacial score (nSPS) is 25.8. The summed E-state index contributed by atoms with van der Waals surface area (Å²) in [5, 5.41) is 13.4. The highest BCUT2D eigenvalue weighted by Gasteiger charge is 2.40. The first-order valence-corrected chi connectivity index (χ1v) is 8.72. The lowest BCUT2D eigenvalue weighted by Crippen LogP contribution is -2.65. The number of ether oxygens (including phenoxy) is 1. The number of oxazole rings is 1. The van der Waals surface area contributed by atoms with Gasteiger partial charge in [-0.1, -0.05) is 18.2 Å². The van der Waals surface area contributed by atoms with Crippen LogP contribution in [-0.4, -0.2) is 60.0 Å². The van der Waals surface area contributed by atoms with E-state index in [9.17, 15) is 5.11 Å². The third kappa shape index (κ3) is 3.77. The van der Waals surface area contributed by atoms with Crippen LogP contribution in [0, 0.1) is 0 Å². The highest BCUT2D eigenvalue weighted by atomic mass is 16.5. The number of hydrogen-bond acceptors (Lipinski definition) is 6. The number of rotatable bonds is 6. The number of hydrogen-bond donors (Lipinski definition) is 2. The van der Waals surface area contributed by atoms with Crippen molar-refractivity contribution in [1.29, 1.82) is 0 Å². The van der Waals surface area contributed by atoms with Crippen molar-refractivity contribution in [2.45, 2.75) is 31.5 Å². The average Bonchev–Trinajstić information content (AvgIpc) is 3.14. The van der Waals surface area contributed by atoms with E-state index in [2.05, 4.69) is 22.1 Å². The van der Waals surface area contributed by atoms with Crippen LogP contribution in [0.4, 0.5) is 0 Å². The van der Waals surface area contributed by atoms with E-state index < -0.39 is 5.54 Å². The number of nitrogens with one attached hydrogen (secondary N) is 1. The fraction of sp³-hybridized carbons (Fsp3) is 0.526. The van der Waals surface area contributed by atoms with Gasteiger partial charge in [0.05, 0.1) is 37.6 Å². The van der Waals surface area contributed by atoms with E-state index in [1.807, 2.05) is 44.3 Å². The van der Waals surface area contributed by atoms with E-state index in [-0.39, 0.29) is 18.7 Å². The van der Waals surface area contributed by atoms with Crippen LogP contribution in [-0.2, 0) is 4.74 Å². The Hall–Kier alpha value is -1.73. The Morgan fingerprint density at radius 2 is 2.16 bits per heavy atom. The van der Waals surface area contributed by atoms with Crippen molar-refractivity contribution in [3.63, 3.8) is 0 Å². The topological polar surface area (TPSA) is 70.8 Å². The fourth-order valence-electron chi connectivity index (χ4n) is 3.13. The van der Waals surface area contributed by atoms with Gasteiger partial charge in [0, 0.05) is 18.2 Å². The Labute approximate surface area is 148 Å². The SMILES string of the molecule is CC(NC[C@]1(CO)COC[C@@H](C)N1C)c1cnc(-c2ccccc2)o1.